The van der Waals surface area contributed by atoms with Crippen LogP contribution in [0.25, 0.3) is 21.3 Å². The minimum Gasteiger partial charge on any atom is -0.321 e. The molecule has 3 aromatic rings. The lowest BCUT2D eigenvalue weighted by Crippen LogP contribution is -2.05. The Labute approximate surface area is 103 Å². The highest BCUT2D eigenvalue weighted by Gasteiger charge is 2.04. The van der Waals surface area contributed by atoms with Crippen LogP contribution in [0.5, 0.6) is 0 Å². The van der Waals surface area contributed by atoms with Crippen LogP contribution < -0.4 is 5.56 Å². The SMILES string of the molecule is Cc1cccc(-c2cc3sccc3c(=O)[nH]2)c1. The molecule has 0 aliphatic rings. The zero-order chi connectivity index (χ0) is 11.8. The van der Waals surface area contributed by atoms with Crippen molar-refractivity contribution < 1.29 is 0 Å². The zero-order valence-electron chi connectivity index (χ0n) is 9.36. The number of benzene rings is 1. The number of H-pyrrole nitrogens is 1. The van der Waals surface area contributed by atoms with Gasteiger partial charge >= 0.3 is 0 Å². The molecular weight excluding hydrogens is 230 g/mol. The Morgan fingerprint density at radius 3 is 2.88 bits per heavy atom. The van der Waals surface area contributed by atoms with E-state index in [2.05, 4.69) is 11.1 Å². The number of rotatable bonds is 1. The summed E-state index contributed by atoms with van der Waals surface area (Å²) in [6.07, 6.45) is 0. The van der Waals surface area contributed by atoms with Crippen LogP contribution in [0.15, 0.2) is 46.6 Å². The van der Waals surface area contributed by atoms with Crippen LogP contribution in [0.1, 0.15) is 5.56 Å². The second-order valence-electron chi connectivity index (χ2n) is 4.08. The van der Waals surface area contributed by atoms with E-state index < -0.39 is 0 Å². The quantitative estimate of drug-likeness (QED) is 0.694. The van der Waals surface area contributed by atoms with Gasteiger partial charge < -0.3 is 4.98 Å². The van der Waals surface area contributed by atoms with Crippen molar-refractivity contribution in [2.75, 3.05) is 0 Å². The third kappa shape index (κ3) is 1.78. The van der Waals surface area contributed by atoms with Gasteiger partial charge in [-0.05, 0) is 36.1 Å². The molecule has 17 heavy (non-hydrogen) atoms. The highest BCUT2D eigenvalue weighted by molar-refractivity contribution is 7.17. The van der Waals surface area contributed by atoms with Crippen molar-refractivity contribution in [2.45, 2.75) is 6.92 Å². The Balaban J connectivity index is 2.27. The van der Waals surface area contributed by atoms with Crippen molar-refractivity contribution in [1.82, 2.24) is 4.98 Å². The number of aromatic nitrogens is 1. The molecule has 3 rings (SSSR count). The minimum atomic E-state index is -0.0137. The van der Waals surface area contributed by atoms with E-state index in [0.29, 0.717) is 0 Å². The number of hydrogen-bond donors (Lipinski definition) is 1. The van der Waals surface area contributed by atoms with Crippen LogP contribution in [0.4, 0.5) is 0 Å². The molecule has 2 nitrogen and oxygen atoms in total. The molecule has 0 spiro atoms. The highest BCUT2D eigenvalue weighted by Crippen LogP contribution is 2.23. The molecule has 3 heteroatoms. The summed E-state index contributed by atoms with van der Waals surface area (Å²) < 4.78 is 1.03. The van der Waals surface area contributed by atoms with Gasteiger partial charge in [0.1, 0.15) is 0 Å². The first-order valence-electron chi connectivity index (χ1n) is 5.41. The maximum Gasteiger partial charge on any atom is 0.257 e. The Morgan fingerprint density at radius 1 is 1.18 bits per heavy atom. The smallest absolute Gasteiger partial charge is 0.257 e. The molecule has 1 aromatic carbocycles. The number of hydrogen-bond acceptors (Lipinski definition) is 2. The van der Waals surface area contributed by atoms with Gasteiger partial charge in [0.15, 0.2) is 0 Å². The van der Waals surface area contributed by atoms with Crippen LogP contribution in [-0.4, -0.2) is 4.98 Å². The van der Waals surface area contributed by atoms with E-state index in [0.717, 1.165) is 21.3 Å². The fourth-order valence-corrected chi connectivity index (χ4v) is 2.77. The zero-order valence-corrected chi connectivity index (χ0v) is 10.2. The van der Waals surface area contributed by atoms with Gasteiger partial charge in [-0.1, -0.05) is 23.8 Å². The monoisotopic (exact) mass is 241 g/mol. The number of aryl methyl sites for hydroxylation is 1. The van der Waals surface area contributed by atoms with Gasteiger partial charge in [0.2, 0.25) is 0 Å². The minimum absolute atomic E-state index is 0.0137. The third-order valence-corrected chi connectivity index (χ3v) is 3.66. The number of aromatic amines is 1. The largest absolute Gasteiger partial charge is 0.321 e. The summed E-state index contributed by atoms with van der Waals surface area (Å²) >= 11 is 1.59. The Morgan fingerprint density at radius 2 is 2.06 bits per heavy atom. The van der Waals surface area contributed by atoms with Crippen molar-refractivity contribution in [3.05, 3.63) is 57.7 Å². The molecule has 84 valence electrons. The lowest BCUT2D eigenvalue weighted by Gasteiger charge is -2.03. The van der Waals surface area contributed by atoms with E-state index in [-0.39, 0.29) is 5.56 Å². The molecule has 2 aromatic heterocycles. The number of fused-ring (bicyclic) bond motifs is 1. The average molecular weight is 241 g/mol. The molecule has 0 radical (unpaired) electrons. The maximum absolute atomic E-state index is 11.9. The fourth-order valence-electron chi connectivity index (χ4n) is 1.95. The molecular formula is C14H11NOS. The van der Waals surface area contributed by atoms with Crippen molar-refractivity contribution in [2.24, 2.45) is 0 Å². The summed E-state index contributed by atoms with van der Waals surface area (Å²) in [5, 5.41) is 2.71. The van der Waals surface area contributed by atoms with Crippen LogP contribution in [0.3, 0.4) is 0 Å². The Kier molecular flexibility index (Phi) is 2.34. The first-order valence-corrected chi connectivity index (χ1v) is 6.29. The molecule has 0 saturated carbocycles. The maximum atomic E-state index is 11.9. The predicted molar refractivity (Wildman–Crippen MR) is 72.6 cm³/mol. The second-order valence-corrected chi connectivity index (χ2v) is 5.03. The van der Waals surface area contributed by atoms with Gasteiger partial charge in [0, 0.05) is 10.4 Å². The first kappa shape index (κ1) is 10.3. The summed E-state index contributed by atoms with van der Waals surface area (Å²) in [6, 6.07) is 12.0. The van der Waals surface area contributed by atoms with Gasteiger partial charge in [-0.3, -0.25) is 4.79 Å². The molecule has 0 aliphatic heterocycles. The molecule has 0 amide bonds. The topological polar surface area (TPSA) is 32.9 Å². The van der Waals surface area contributed by atoms with E-state index in [4.69, 9.17) is 0 Å². The number of thiophene rings is 1. The van der Waals surface area contributed by atoms with Gasteiger partial charge in [-0.25, -0.2) is 0 Å². The predicted octanol–water partition coefficient (Wildman–Crippen LogP) is 3.57. The van der Waals surface area contributed by atoms with Crippen molar-refractivity contribution in [3.8, 4) is 11.3 Å². The molecule has 0 bridgehead atoms. The first-order chi connectivity index (χ1) is 8.24. The second kappa shape index (κ2) is 3.86. The van der Waals surface area contributed by atoms with E-state index in [1.807, 2.05) is 42.6 Å². The lowest BCUT2D eigenvalue weighted by molar-refractivity contribution is 1.28. The molecule has 0 saturated heterocycles. The van der Waals surface area contributed by atoms with E-state index in [1.165, 1.54) is 5.56 Å². The van der Waals surface area contributed by atoms with Gasteiger partial charge in [-0.15, -0.1) is 11.3 Å². The molecule has 0 atom stereocenters. The van der Waals surface area contributed by atoms with Crippen molar-refractivity contribution in [1.29, 1.82) is 0 Å². The fraction of sp³-hybridized carbons (Fsp3) is 0.0714. The highest BCUT2D eigenvalue weighted by atomic mass is 32.1. The van der Waals surface area contributed by atoms with Crippen LogP contribution in [0, 0.1) is 6.92 Å². The molecule has 1 N–H and O–H groups in total. The van der Waals surface area contributed by atoms with Gasteiger partial charge in [0.25, 0.3) is 5.56 Å². The van der Waals surface area contributed by atoms with E-state index >= 15 is 0 Å². The van der Waals surface area contributed by atoms with Gasteiger partial charge in [-0.2, -0.15) is 0 Å². The third-order valence-electron chi connectivity index (χ3n) is 2.79. The lowest BCUT2D eigenvalue weighted by atomic mass is 10.1. The Hall–Kier alpha value is -1.87. The standard InChI is InChI=1S/C14H11NOS/c1-9-3-2-4-10(7-9)12-8-13-11(5-6-17-13)14(16)15-12/h2-8H,1H3,(H,15,16). The average Bonchev–Trinajstić information content (AvgIpc) is 2.77. The Bertz CT molecular complexity index is 739. The van der Waals surface area contributed by atoms with E-state index in [9.17, 15) is 4.79 Å². The normalized spacial score (nSPS) is 10.9. The van der Waals surface area contributed by atoms with Crippen molar-refractivity contribution in [3.63, 3.8) is 0 Å². The molecule has 0 fully saturated rings. The number of nitrogens with one attached hydrogen (secondary N) is 1. The molecule has 2 heterocycles. The van der Waals surface area contributed by atoms with Gasteiger partial charge in [0.05, 0.1) is 5.39 Å². The van der Waals surface area contributed by atoms with Crippen LogP contribution >= 0.6 is 11.3 Å². The molecule has 0 aliphatic carbocycles. The summed E-state index contributed by atoms with van der Waals surface area (Å²) in [6.45, 7) is 2.05. The number of pyridine rings is 1. The summed E-state index contributed by atoms with van der Waals surface area (Å²) in [5.41, 5.74) is 3.11. The summed E-state index contributed by atoms with van der Waals surface area (Å²) in [4.78, 5) is 14.8. The van der Waals surface area contributed by atoms with Crippen molar-refractivity contribution >= 4 is 21.4 Å². The summed E-state index contributed by atoms with van der Waals surface area (Å²) in [7, 11) is 0. The summed E-state index contributed by atoms with van der Waals surface area (Å²) in [5.74, 6) is 0. The molecule has 0 unspecified atom stereocenters. The van der Waals surface area contributed by atoms with Crippen LogP contribution in [0.2, 0.25) is 0 Å². The van der Waals surface area contributed by atoms with Crippen LogP contribution in [-0.2, 0) is 0 Å². The van der Waals surface area contributed by atoms with E-state index in [1.54, 1.807) is 11.3 Å².